The summed E-state index contributed by atoms with van der Waals surface area (Å²) in [6.07, 6.45) is 2.55. The van der Waals surface area contributed by atoms with Crippen LogP contribution in [0, 0.1) is 32.1 Å². The molecular weight excluding hydrogens is 516 g/mol. The van der Waals surface area contributed by atoms with Gasteiger partial charge in [-0.3, -0.25) is 9.69 Å². The number of amides is 1. The summed E-state index contributed by atoms with van der Waals surface area (Å²) >= 11 is 0. The summed E-state index contributed by atoms with van der Waals surface area (Å²) in [5, 5.41) is 9.69. The number of aromatic nitrogens is 3. The second kappa shape index (κ2) is 12.2. The van der Waals surface area contributed by atoms with Gasteiger partial charge in [-0.1, -0.05) is 18.2 Å². The number of aryl methyl sites for hydroxylation is 3. The number of piperazine rings is 1. The number of methoxy groups -OCH3 is 1. The van der Waals surface area contributed by atoms with Crippen molar-refractivity contribution in [3.63, 3.8) is 0 Å². The number of imidazole rings is 1. The van der Waals surface area contributed by atoms with E-state index in [-0.39, 0.29) is 11.9 Å². The highest BCUT2D eigenvalue weighted by Crippen LogP contribution is 2.31. The lowest BCUT2D eigenvalue weighted by Gasteiger charge is -2.39. The molecule has 1 N–H and O–H groups in total. The van der Waals surface area contributed by atoms with Crippen LogP contribution in [0.2, 0.25) is 0 Å². The van der Waals surface area contributed by atoms with Gasteiger partial charge in [-0.2, -0.15) is 5.26 Å². The topological polar surface area (TPSA) is 107 Å². The minimum atomic E-state index is -0.0194. The number of aromatic amines is 1. The number of benzene rings is 2. The molecule has 9 heteroatoms. The Morgan fingerprint density at radius 3 is 2.54 bits per heavy atom. The van der Waals surface area contributed by atoms with Gasteiger partial charge in [-0.25, -0.2) is 9.97 Å². The van der Waals surface area contributed by atoms with Gasteiger partial charge in [0, 0.05) is 44.1 Å². The maximum atomic E-state index is 13.4. The predicted octanol–water partition coefficient (Wildman–Crippen LogP) is 5.14. The van der Waals surface area contributed by atoms with Crippen molar-refractivity contribution in [3.05, 3.63) is 100 Å². The molecule has 1 amide bonds. The van der Waals surface area contributed by atoms with Crippen molar-refractivity contribution in [2.45, 2.75) is 33.2 Å². The number of carbonyl (C=O) groups is 1. The van der Waals surface area contributed by atoms with Gasteiger partial charge in [0.1, 0.15) is 23.4 Å². The van der Waals surface area contributed by atoms with Crippen LogP contribution >= 0.6 is 0 Å². The lowest BCUT2D eigenvalue weighted by Crippen LogP contribution is -2.50. The van der Waals surface area contributed by atoms with Crippen LogP contribution in [0.25, 0.3) is 0 Å². The second-order valence-electron chi connectivity index (χ2n) is 10.3. The molecule has 2 aromatic carbocycles. The van der Waals surface area contributed by atoms with Crippen molar-refractivity contribution in [2.24, 2.45) is 0 Å². The highest BCUT2D eigenvalue weighted by atomic mass is 16.5. The van der Waals surface area contributed by atoms with Gasteiger partial charge in [0.05, 0.1) is 30.0 Å². The molecule has 0 radical (unpaired) electrons. The molecule has 1 atom stereocenters. The smallest absolute Gasteiger partial charge is 0.257 e. The maximum Gasteiger partial charge on any atom is 0.257 e. The van der Waals surface area contributed by atoms with E-state index in [1.54, 1.807) is 19.2 Å². The summed E-state index contributed by atoms with van der Waals surface area (Å²) in [5.41, 5.74) is 4.95. The van der Waals surface area contributed by atoms with Gasteiger partial charge in [0.25, 0.3) is 5.91 Å². The third-order valence-corrected chi connectivity index (χ3v) is 7.38. The van der Waals surface area contributed by atoms with E-state index in [9.17, 15) is 10.1 Å². The summed E-state index contributed by atoms with van der Waals surface area (Å²) in [5.74, 6) is 2.35. The number of nitrogens with zero attached hydrogens (tertiary/aromatic N) is 5. The highest BCUT2D eigenvalue weighted by molar-refractivity contribution is 5.97. The fourth-order valence-electron chi connectivity index (χ4n) is 5.21. The van der Waals surface area contributed by atoms with E-state index >= 15 is 0 Å². The van der Waals surface area contributed by atoms with E-state index in [4.69, 9.17) is 9.47 Å². The van der Waals surface area contributed by atoms with Gasteiger partial charge in [0.15, 0.2) is 0 Å². The molecule has 210 valence electrons. The fraction of sp³-hybridized carbons (Fsp3) is 0.312. The predicted molar refractivity (Wildman–Crippen MR) is 155 cm³/mol. The standard InChI is InChI=1S/C32H34N6O3/c1-21-8-11-26(30(16-21)40-4)32(39)38-14-12-37(13-15-38)28(27-20-34-23(3)36-27)17-24-9-10-25(19-33)29(18-24)41-31-7-5-6-22(2)35-31/h5-11,16,18,20,28H,12-15,17H2,1-4H3,(H,34,36). The number of ether oxygens (including phenoxy) is 2. The van der Waals surface area contributed by atoms with Crippen LogP contribution < -0.4 is 9.47 Å². The Kier molecular flexibility index (Phi) is 8.31. The van der Waals surface area contributed by atoms with Gasteiger partial charge >= 0.3 is 0 Å². The highest BCUT2D eigenvalue weighted by Gasteiger charge is 2.30. The van der Waals surface area contributed by atoms with E-state index in [1.165, 1.54) is 0 Å². The van der Waals surface area contributed by atoms with Gasteiger partial charge in [0.2, 0.25) is 5.88 Å². The Balaban J connectivity index is 1.35. The van der Waals surface area contributed by atoms with E-state index < -0.39 is 0 Å². The molecule has 0 bridgehead atoms. The zero-order chi connectivity index (χ0) is 28.9. The summed E-state index contributed by atoms with van der Waals surface area (Å²) in [4.78, 5) is 29.9. The van der Waals surface area contributed by atoms with Gasteiger partial charge < -0.3 is 19.4 Å². The molecule has 1 aliphatic heterocycles. The van der Waals surface area contributed by atoms with E-state index in [1.807, 2.05) is 74.3 Å². The summed E-state index contributed by atoms with van der Waals surface area (Å²) in [6.45, 7) is 8.42. The molecule has 1 saturated heterocycles. The van der Waals surface area contributed by atoms with Crippen LogP contribution in [-0.4, -0.2) is 63.9 Å². The molecule has 2 aromatic heterocycles. The van der Waals surface area contributed by atoms with Crippen molar-refractivity contribution in [3.8, 4) is 23.4 Å². The van der Waals surface area contributed by atoms with Crippen LogP contribution in [0.1, 0.15) is 50.3 Å². The SMILES string of the molecule is COc1cc(C)ccc1C(=O)N1CCN(C(Cc2ccc(C#N)c(Oc3cccc(C)n3)c2)c2cnc(C)[nH]2)CC1. The van der Waals surface area contributed by atoms with Crippen LogP contribution in [0.15, 0.2) is 60.8 Å². The minimum Gasteiger partial charge on any atom is -0.496 e. The normalized spacial score (nSPS) is 14.4. The summed E-state index contributed by atoms with van der Waals surface area (Å²) in [6, 6.07) is 19.1. The molecule has 9 nitrogen and oxygen atoms in total. The number of nitriles is 1. The first-order chi connectivity index (χ1) is 19.8. The zero-order valence-electron chi connectivity index (χ0n) is 23.8. The molecule has 0 spiro atoms. The number of pyridine rings is 1. The second-order valence-corrected chi connectivity index (χ2v) is 10.3. The Hall–Kier alpha value is -4.68. The fourth-order valence-corrected chi connectivity index (χ4v) is 5.21. The quantitative estimate of drug-likeness (QED) is 0.324. The number of carbonyl (C=O) groups excluding carboxylic acids is 1. The lowest BCUT2D eigenvalue weighted by atomic mass is 9.99. The van der Waals surface area contributed by atoms with Crippen molar-refractivity contribution in [2.75, 3.05) is 33.3 Å². The Morgan fingerprint density at radius 1 is 1.05 bits per heavy atom. The first kappa shape index (κ1) is 27.9. The van der Waals surface area contributed by atoms with E-state index in [2.05, 4.69) is 25.9 Å². The molecule has 1 fully saturated rings. The maximum absolute atomic E-state index is 13.4. The Labute approximate surface area is 240 Å². The number of nitrogens with one attached hydrogen (secondary N) is 1. The van der Waals surface area contributed by atoms with Crippen molar-refractivity contribution >= 4 is 5.91 Å². The van der Waals surface area contributed by atoms with Crippen molar-refractivity contribution in [1.29, 1.82) is 5.26 Å². The average molecular weight is 551 g/mol. The molecule has 3 heterocycles. The van der Waals surface area contributed by atoms with Crippen LogP contribution in [0.4, 0.5) is 0 Å². The molecule has 41 heavy (non-hydrogen) atoms. The molecular formula is C32H34N6O3. The first-order valence-corrected chi connectivity index (χ1v) is 13.7. The number of hydrogen-bond donors (Lipinski definition) is 1. The summed E-state index contributed by atoms with van der Waals surface area (Å²) in [7, 11) is 1.59. The molecule has 4 aromatic rings. The van der Waals surface area contributed by atoms with Gasteiger partial charge in [-0.05, 0) is 68.7 Å². The molecule has 0 aliphatic carbocycles. The number of hydrogen-bond acceptors (Lipinski definition) is 7. The first-order valence-electron chi connectivity index (χ1n) is 13.7. The number of rotatable bonds is 8. The van der Waals surface area contributed by atoms with Crippen molar-refractivity contribution < 1.29 is 14.3 Å². The monoisotopic (exact) mass is 550 g/mol. The Morgan fingerprint density at radius 2 is 1.85 bits per heavy atom. The van der Waals surface area contributed by atoms with E-state index in [0.29, 0.717) is 61.1 Å². The van der Waals surface area contributed by atoms with Gasteiger partial charge in [-0.15, -0.1) is 0 Å². The Bertz CT molecular complexity index is 1580. The molecule has 1 unspecified atom stereocenters. The van der Waals surface area contributed by atoms with E-state index in [0.717, 1.165) is 28.3 Å². The van der Waals surface area contributed by atoms with Crippen molar-refractivity contribution in [1.82, 2.24) is 24.8 Å². The molecule has 0 saturated carbocycles. The average Bonchev–Trinajstić information content (AvgIpc) is 3.41. The van der Waals surface area contributed by atoms with Crippen LogP contribution in [0.5, 0.6) is 17.4 Å². The molecule has 5 rings (SSSR count). The third-order valence-electron chi connectivity index (χ3n) is 7.38. The number of H-pyrrole nitrogens is 1. The third kappa shape index (κ3) is 6.39. The lowest BCUT2D eigenvalue weighted by molar-refractivity contribution is 0.0560. The zero-order valence-corrected chi connectivity index (χ0v) is 23.8. The van der Waals surface area contributed by atoms with Crippen LogP contribution in [0.3, 0.4) is 0 Å². The molecule has 1 aliphatic rings. The minimum absolute atomic E-state index is 0.000225. The largest absolute Gasteiger partial charge is 0.496 e. The van der Waals surface area contributed by atoms with Crippen LogP contribution in [-0.2, 0) is 6.42 Å². The summed E-state index contributed by atoms with van der Waals surface area (Å²) < 4.78 is 11.5.